The molecule has 2 N–H and O–H groups in total. The van der Waals surface area contributed by atoms with Crippen LogP contribution in [-0.4, -0.2) is 66.7 Å². The van der Waals surface area contributed by atoms with Crippen LogP contribution in [0.25, 0.3) is 5.57 Å². The van der Waals surface area contributed by atoms with E-state index in [9.17, 15) is 41.0 Å². The molecule has 1 saturated heterocycles. The van der Waals surface area contributed by atoms with Crippen LogP contribution in [0.2, 0.25) is 0 Å². The number of benzene rings is 1. The fourth-order valence-electron chi connectivity index (χ4n) is 8.71. The van der Waals surface area contributed by atoms with Gasteiger partial charge in [-0.1, -0.05) is 6.92 Å². The molecule has 1 aromatic carbocycles. The summed E-state index contributed by atoms with van der Waals surface area (Å²) in [7, 11) is 1.79. The fourth-order valence-corrected chi connectivity index (χ4v) is 8.71. The largest absolute Gasteiger partial charge is 0.481 e. The highest BCUT2D eigenvalue weighted by atomic mass is 19.4. The van der Waals surface area contributed by atoms with Crippen LogP contribution in [-0.2, 0) is 30.7 Å². The van der Waals surface area contributed by atoms with Gasteiger partial charge in [-0.15, -0.1) is 0 Å². The summed E-state index contributed by atoms with van der Waals surface area (Å²) in [4.78, 5) is 33.7. The van der Waals surface area contributed by atoms with Crippen molar-refractivity contribution in [2.45, 2.75) is 101 Å². The topological polar surface area (TPSA) is 103 Å². The molecular weight excluding hydrogens is 666 g/mol. The van der Waals surface area contributed by atoms with E-state index in [2.05, 4.69) is 17.3 Å². The van der Waals surface area contributed by atoms with Gasteiger partial charge in [-0.05, 0) is 86.6 Å². The predicted molar refractivity (Wildman–Crippen MR) is 170 cm³/mol. The van der Waals surface area contributed by atoms with Crippen LogP contribution in [0.4, 0.5) is 31.1 Å². The lowest BCUT2D eigenvalue weighted by Gasteiger charge is -2.32. The van der Waals surface area contributed by atoms with E-state index in [1.165, 1.54) is 0 Å². The predicted octanol–water partition coefficient (Wildman–Crippen LogP) is 7.09. The second-order valence-corrected chi connectivity index (χ2v) is 15.0. The maximum absolute atomic E-state index is 13.8. The van der Waals surface area contributed by atoms with Gasteiger partial charge in [0.2, 0.25) is 0 Å². The van der Waals surface area contributed by atoms with Crippen molar-refractivity contribution in [1.29, 1.82) is 0 Å². The number of likely N-dealkylation sites (tertiary alicyclic amines) is 1. The second kappa shape index (κ2) is 12.0. The third-order valence-corrected chi connectivity index (χ3v) is 11.7. The summed E-state index contributed by atoms with van der Waals surface area (Å²) in [5, 5.41) is 16.7. The van der Waals surface area contributed by atoms with Crippen LogP contribution >= 0.6 is 0 Å². The third-order valence-electron chi connectivity index (χ3n) is 11.7. The minimum absolute atomic E-state index is 0.113. The maximum atomic E-state index is 13.8. The molecule has 3 unspecified atom stereocenters. The number of halogens is 6. The zero-order valence-corrected chi connectivity index (χ0v) is 27.8. The molecule has 4 atom stereocenters. The Kier molecular flexibility index (Phi) is 8.28. The number of carboxylic acid groups (broad SMARTS) is 1. The molecule has 7 rings (SSSR count). The first-order chi connectivity index (χ1) is 23.5. The number of carbonyl (C=O) groups is 2. The summed E-state index contributed by atoms with van der Waals surface area (Å²) in [6, 6.07) is 1.15. The molecule has 2 amide bonds. The number of urea groups is 1. The quantitative estimate of drug-likeness (QED) is 0.313. The van der Waals surface area contributed by atoms with Gasteiger partial charge >= 0.3 is 24.4 Å². The molecule has 9 nitrogen and oxygen atoms in total. The van der Waals surface area contributed by atoms with Gasteiger partial charge in [0.15, 0.2) is 0 Å². The monoisotopic (exact) mass is 706 g/mol. The molecule has 1 aromatic heterocycles. The van der Waals surface area contributed by atoms with Crippen molar-refractivity contribution >= 4 is 23.4 Å². The molecule has 2 aromatic rings. The lowest BCUT2D eigenvalue weighted by molar-refractivity contribution is -0.144. The highest BCUT2D eigenvalue weighted by Gasteiger charge is 2.73. The Morgan fingerprint density at radius 2 is 1.68 bits per heavy atom. The van der Waals surface area contributed by atoms with E-state index in [1.807, 2.05) is 16.0 Å². The number of nitrogens with one attached hydrogen (secondary N) is 1. The summed E-state index contributed by atoms with van der Waals surface area (Å²) in [5.41, 5.74) is -1.78. The number of amides is 2. The zero-order valence-electron chi connectivity index (χ0n) is 27.8. The van der Waals surface area contributed by atoms with Crippen LogP contribution < -0.4 is 5.32 Å². The zero-order chi connectivity index (χ0) is 35.8. The Balaban J connectivity index is 1.17. The number of hydrogen-bond donors (Lipinski definition) is 2. The molecule has 2 spiro atoms. The van der Waals surface area contributed by atoms with Crippen molar-refractivity contribution in [1.82, 2.24) is 24.9 Å². The number of nitrogens with zero attached hydrogens (tertiary/aromatic N) is 5. The number of carbonyl (C=O) groups excluding carboxylic acids is 1. The van der Waals surface area contributed by atoms with Crippen molar-refractivity contribution in [3.63, 3.8) is 0 Å². The van der Waals surface area contributed by atoms with Crippen LogP contribution in [0.1, 0.15) is 87.0 Å². The van der Waals surface area contributed by atoms with E-state index in [0.29, 0.717) is 63.7 Å². The molecule has 5 aliphatic rings. The molecular formula is C35H40F6N6O3. The van der Waals surface area contributed by atoms with E-state index in [4.69, 9.17) is 4.99 Å². The van der Waals surface area contributed by atoms with Crippen molar-refractivity contribution in [3.8, 4) is 0 Å². The van der Waals surface area contributed by atoms with Crippen LogP contribution in [0.5, 0.6) is 0 Å². The van der Waals surface area contributed by atoms with Crippen molar-refractivity contribution in [2.75, 3.05) is 6.54 Å². The summed E-state index contributed by atoms with van der Waals surface area (Å²) in [6.45, 7) is 2.30. The van der Waals surface area contributed by atoms with Crippen LogP contribution in [0.15, 0.2) is 41.8 Å². The summed E-state index contributed by atoms with van der Waals surface area (Å²) >= 11 is 0. The highest BCUT2D eigenvalue weighted by Crippen LogP contribution is 2.68. The minimum Gasteiger partial charge on any atom is -0.481 e. The molecule has 3 saturated carbocycles. The third kappa shape index (κ3) is 6.47. The maximum Gasteiger partial charge on any atom is 0.416 e. The average molecular weight is 707 g/mol. The van der Waals surface area contributed by atoms with Crippen molar-refractivity contribution < 1.29 is 41.0 Å². The SMILES string of the molecule is CC1C[C@]12CC1(CC1N(Cc1cc(C(F)(F)F)cc(C(F)(F)F)c1)C1=NC=C(c3cnn(C)c3)CC1)CN2C(=O)NC1CCC(C(=O)O)CC1. The fraction of sp³-hybridized carbons (Fsp3) is 0.600. The smallest absolute Gasteiger partial charge is 0.416 e. The van der Waals surface area contributed by atoms with E-state index < -0.39 is 40.8 Å². The first-order valence-electron chi connectivity index (χ1n) is 17.1. The van der Waals surface area contributed by atoms with Gasteiger partial charge in [0.1, 0.15) is 5.84 Å². The van der Waals surface area contributed by atoms with Gasteiger partial charge in [0.25, 0.3) is 0 Å². The number of hydrogen-bond acceptors (Lipinski definition) is 5. The Labute approximate surface area is 285 Å². The van der Waals surface area contributed by atoms with Gasteiger partial charge in [0, 0.05) is 67.6 Å². The molecule has 3 heterocycles. The molecule has 0 radical (unpaired) electrons. The summed E-state index contributed by atoms with van der Waals surface area (Å²) in [6.07, 6.45) is 0.586. The number of aliphatic imine (C=N–C) groups is 1. The lowest BCUT2D eigenvalue weighted by Crippen LogP contribution is -2.49. The number of carboxylic acids is 1. The molecule has 3 aliphatic carbocycles. The molecule has 2 aliphatic heterocycles. The molecule has 50 heavy (non-hydrogen) atoms. The average Bonchev–Trinajstić information content (AvgIpc) is 3.78. The Morgan fingerprint density at radius 3 is 2.20 bits per heavy atom. The molecule has 0 bridgehead atoms. The van der Waals surface area contributed by atoms with E-state index >= 15 is 0 Å². The second-order valence-electron chi connectivity index (χ2n) is 15.0. The Bertz CT molecular complexity index is 1710. The standard InChI is InChI=1S/C35H40F6N6O3/c1-20-12-33(20)18-32(19-47(33)31(50)44-27-6-3-22(4-7-27)30(48)49)13-28(32)46(29-8-5-23(14-42-29)24-15-43-45(2)17-24)16-21-9-25(34(36,37)38)11-26(10-21)35(39,40)41/h9-11,14-15,17,20,22,27-28H,3-8,12-13,16,18-19H2,1-2H3,(H,44,50)(H,48,49)/t20?,22?,27?,28?,32?,33-/m0/s1. The van der Waals surface area contributed by atoms with Gasteiger partial charge in [0.05, 0.1) is 23.2 Å². The molecule has 4 fully saturated rings. The van der Waals surface area contributed by atoms with Crippen molar-refractivity contribution in [2.24, 2.45) is 29.3 Å². The van der Waals surface area contributed by atoms with Gasteiger partial charge in [-0.3, -0.25) is 9.48 Å². The first-order valence-corrected chi connectivity index (χ1v) is 17.1. The molecule has 270 valence electrons. The Morgan fingerprint density at radius 1 is 1.02 bits per heavy atom. The number of aryl methyl sites for hydroxylation is 1. The van der Waals surface area contributed by atoms with Gasteiger partial charge < -0.3 is 20.2 Å². The van der Waals surface area contributed by atoms with E-state index in [1.54, 1.807) is 24.1 Å². The number of amidine groups is 1. The highest BCUT2D eigenvalue weighted by molar-refractivity contribution is 5.88. The number of allylic oxidation sites excluding steroid dienone is 1. The van der Waals surface area contributed by atoms with E-state index in [-0.39, 0.29) is 47.7 Å². The summed E-state index contributed by atoms with van der Waals surface area (Å²) in [5.74, 6) is -0.410. The van der Waals surface area contributed by atoms with Crippen LogP contribution in [0, 0.1) is 17.3 Å². The number of alkyl halides is 6. The molecule has 15 heteroatoms. The lowest BCUT2D eigenvalue weighted by atomic mass is 9.86. The minimum atomic E-state index is -4.97. The first kappa shape index (κ1) is 34.4. The van der Waals surface area contributed by atoms with Crippen molar-refractivity contribution in [3.05, 3.63) is 59.0 Å². The number of aromatic nitrogens is 2. The van der Waals surface area contributed by atoms with E-state index in [0.717, 1.165) is 29.7 Å². The van der Waals surface area contributed by atoms with Gasteiger partial charge in [-0.2, -0.15) is 31.4 Å². The summed E-state index contributed by atoms with van der Waals surface area (Å²) < 4.78 is 84.6. The number of rotatable bonds is 6. The Hall–Kier alpha value is -4.04. The van der Waals surface area contributed by atoms with Gasteiger partial charge in [-0.25, -0.2) is 9.79 Å². The number of aliphatic carboxylic acids is 1. The van der Waals surface area contributed by atoms with Crippen LogP contribution in [0.3, 0.4) is 0 Å². The normalized spacial score (nSPS) is 30.7.